The molecule has 0 aliphatic rings. The molecule has 0 bridgehead atoms. The Morgan fingerprint density at radius 2 is 1.69 bits per heavy atom. The zero-order valence-corrected chi connectivity index (χ0v) is 10.9. The van der Waals surface area contributed by atoms with Crippen molar-refractivity contribution in [3.63, 3.8) is 0 Å². The quantitative estimate of drug-likeness (QED) is 0.320. The van der Waals surface area contributed by atoms with Crippen LogP contribution in [0.25, 0.3) is 0 Å². The third-order valence-corrected chi connectivity index (χ3v) is 4.17. The van der Waals surface area contributed by atoms with E-state index in [0.29, 0.717) is 0 Å². The van der Waals surface area contributed by atoms with Crippen molar-refractivity contribution in [1.29, 1.82) is 0 Å². The van der Waals surface area contributed by atoms with Crippen molar-refractivity contribution in [3.05, 3.63) is 12.2 Å². The summed E-state index contributed by atoms with van der Waals surface area (Å²) in [6, 6.07) is 0. The van der Waals surface area contributed by atoms with E-state index in [1.165, 1.54) is 49.2 Å². The van der Waals surface area contributed by atoms with Gasteiger partial charge in [-0.2, -0.15) is 0 Å². The second-order valence-corrected chi connectivity index (χ2v) is 6.25. The van der Waals surface area contributed by atoms with Gasteiger partial charge in [0.05, 0.1) is 0 Å². The predicted octanol–water partition coefficient (Wildman–Crippen LogP) is 4.46. The zero-order chi connectivity index (χ0) is 9.78. The first-order chi connectivity index (χ1) is 6.41. The molecule has 0 aliphatic heterocycles. The molecule has 0 atom stereocenters. The number of allylic oxidation sites excluding steroid dienone is 2. The summed E-state index contributed by atoms with van der Waals surface area (Å²) in [5, 5.41) is 2.94. The second kappa shape index (κ2) is 12.3. The number of hydrogen-bond acceptors (Lipinski definition) is 0. The first kappa shape index (κ1) is 13.3. The Hall–Kier alpha value is 0.259. The zero-order valence-electron chi connectivity index (χ0n) is 9.22. The Labute approximate surface area is 90.3 Å². The van der Waals surface area contributed by atoms with Crippen LogP contribution in [0.4, 0.5) is 0 Å². The molecule has 0 saturated heterocycles. The molecule has 0 nitrogen and oxygen atoms in total. The Morgan fingerprint density at radius 3 is 2.38 bits per heavy atom. The molecule has 0 radical (unpaired) electrons. The first-order valence-corrected chi connectivity index (χ1v) is 8.03. The van der Waals surface area contributed by atoms with Crippen LogP contribution in [0.15, 0.2) is 12.2 Å². The standard InChI is InChI=1S/C12H24Se/c1-3-5-6-7-8-9-10-11-12-13-4-2/h3,5H,4,6-12H2,1-2H3/b5-3+. The molecular formula is C12H24Se. The summed E-state index contributed by atoms with van der Waals surface area (Å²) < 4.78 is 0. The van der Waals surface area contributed by atoms with Crippen LogP contribution in [-0.4, -0.2) is 15.0 Å². The van der Waals surface area contributed by atoms with E-state index in [-0.39, 0.29) is 0 Å². The molecule has 0 aromatic heterocycles. The predicted molar refractivity (Wildman–Crippen MR) is 63.6 cm³/mol. The van der Waals surface area contributed by atoms with Crippen molar-refractivity contribution in [2.45, 2.75) is 63.0 Å². The topological polar surface area (TPSA) is 0 Å². The maximum atomic E-state index is 2.30. The third-order valence-electron chi connectivity index (χ3n) is 2.10. The SMILES string of the molecule is C/C=C/CCCCCCC[Se]CC. The van der Waals surface area contributed by atoms with E-state index >= 15 is 0 Å². The van der Waals surface area contributed by atoms with Gasteiger partial charge in [-0.1, -0.05) is 0 Å². The van der Waals surface area contributed by atoms with E-state index in [4.69, 9.17) is 0 Å². The van der Waals surface area contributed by atoms with E-state index < -0.39 is 0 Å². The van der Waals surface area contributed by atoms with Gasteiger partial charge in [0, 0.05) is 0 Å². The first-order valence-electron chi connectivity index (χ1n) is 5.60. The second-order valence-electron chi connectivity index (χ2n) is 3.32. The van der Waals surface area contributed by atoms with Gasteiger partial charge < -0.3 is 0 Å². The van der Waals surface area contributed by atoms with Gasteiger partial charge >= 0.3 is 90.1 Å². The average Bonchev–Trinajstić information content (AvgIpc) is 2.16. The van der Waals surface area contributed by atoms with Crippen molar-refractivity contribution < 1.29 is 0 Å². The van der Waals surface area contributed by atoms with Gasteiger partial charge in [0.25, 0.3) is 0 Å². The Morgan fingerprint density at radius 1 is 1.00 bits per heavy atom. The van der Waals surface area contributed by atoms with Gasteiger partial charge in [-0.3, -0.25) is 0 Å². The van der Waals surface area contributed by atoms with E-state index in [2.05, 4.69) is 26.0 Å². The fourth-order valence-corrected chi connectivity index (χ4v) is 2.77. The van der Waals surface area contributed by atoms with Crippen LogP contribution in [0, 0.1) is 0 Å². The molecule has 0 aliphatic carbocycles. The van der Waals surface area contributed by atoms with E-state index in [9.17, 15) is 0 Å². The van der Waals surface area contributed by atoms with Crippen molar-refractivity contribution in [1.82, 2.24) is 0 Å². The summed E-state index contributed by atoms with van der Waals surface area (Å²) >= 11 is 0.949. The molecule has 0 heterocycles. The monoisotopic (exact) mass is 248 g/mol. The van der Waals surface area contributed by atoms with Crippen LogP contribution in [0.3, 0.4) is 0 Å². The van der Waals surface area contributed by atoms with Crippen LogP contribution in [-0.2, 0) is 0 Å². The van der Waals surface area contributed by atoms with Crippen LogP contribution in [0.5, 0.6) is 0 Å². The summed E-state index contributed by atoms with van der Waals surface area (Å²) in [7, 11) is 0. The minimum atomic E-state index is 0.949. The summed E-state index contributed by atoms with van der Waals surface area (Å²) in [4.78, 5) is 0. The molecular weight excluding hydrogens is 223 g/mol. The van der Waals surface area contributed by atoms with E-state index in [0.717, 1.165) is 15.0 Å². The molecule has 1 heteroatoms. The molecule has 0 N–H and O–H groups in total. The van der Waals surface area contributed by atoms with Gasteiger partial charge in [0.15, 0.2) is 0 Å². The fraction of sp³-hybridized carbons (Fsp3) is 0.833. The average molecular weight is 247 g/mol. The molecule has 0 unspecified atom stereocenters. The molecule has 0 aromatic carbocycles. The maximum absolute atomic E-state index is 2.30. The van der Waals surface area contributed by atoms with Gasteiger partial charge in [-0.25, -0.2) is 0 Å². The Balaban J connectivity index is 2.83. The summed E-state index contributed by atoms with van der Waals surface area (Å²) in [5.41, 5.74) is 0. The molecule has 0 aromatic rings. The molecule has 0 amide bonds. The van der Waals surface area contributed by atoms with Crippen LogP contribution < -0.4 is 0 Å². The van der Waals surface area contributed by atoms with Gasteiger partial charge in [0.1, 0.15) is 0 Å². The molecule has 0 spiro atoms. The van der Waals surface area contributed by atoms with Gasteiger partial charge in [-0.15, -0.1) is 0 Å². The van der Waals surface area contributed by atoms with Crippen LogP contribution in [0.1, 0.15) is 52.4 Å². The van der Waals surface area contributed by atoms with Crippen molar-refractivity contribution >= 4 is 15.0 Å². The molecule has 0 saturated carbocycles. The normalized spacial score (nSPS) is 11.2. The Bertz CT molecular complexity index is 108. The van der Waals surface area contributed by atoms with Crippen molar-refractivity contribution in [3.8, 4) is 0 Å². The third kappa shape index (κ3) is 12.3. The van der Waals surface area contributed by atoms with Gasteiger partial charge in [-0.05, 0) is 0 Å². The van der Waals surface area contributed by atoms with Crippen LogP contribution >= 0.6 is 0 Å². The number of hydrogen-bond donors (Lipinski definition) is 0. The van der Waals surface area contributed by atoms with E-state index in [1.54, 1.807) is 0 Å². The van der Waals surface area contributed by atoms with Crippen molar-refractivity contribution in [2.24, 2.45) is 0 Å². The molecule has 0 fully saturated rings. The summed E-state index contributed by atoms with van der Waals surface area (Å²) in [6.45, 7) is 4.41. The number of unbranched alkanes of at least 4 members (excludes halogenated alkanes) is 5. The van der Waals surface area contributed by atoms with Crippen molar-refractivity contribution in [2.75, 3.05) is 0 Å². The summed E-state index contributed by atoms with van der Waals surface area (Å²) in [6.07, 6.45) is 13.0. The van der Waals surface area contributed by atoms with Crippen LogP contribution in [0.2, 0.25) is 10.6 Å². The van der Waals surface area contributed by atoms with E-state index in [1.807, 2.05) is 0 Å². The number of rotatable bonds is 9. The summed E-state index contributed by atoms with van der Waals surface area (Å²) in [5.74, 6) is 0. The Kier molecular flexibility index (Phi) is 12.5. The minimum absolute atomic E-state index is 0.949. The van der Waals surface area contributed by atoms with Gasteiger partial charge in [0.2, 0.25) is 0 Å². The fourth-order valence-electron chi connectivity index (χ4n) is 1.31. The molecule has 0 rings (SSSR count). The molecule has 78 valence electrons. The molecule has 13 heavy (non-hydrogen) atoms.